The first kappa shape index (κ1) is 20.2. The van der Waals surface area contributed by atoms with E-state index in [-0.39, 0.29) is 0 Å². The van der Waals surface area contributed by atoms with Crippen LogP contribution >= 0.6 is 0 Å². The molecule has 2 heterocycles. The van der Waals surface area contributed by atoms with Crippen LogP contribution in [0.4, 0.5) is 5.82 Å². The van der Waals surface area contributed by atoms with Crippen LogP contribution in [0.2, 0.25) is 0 Å². The van der Waals surface area contributed by atoms with Crippen molar-refractivity contribution in [2.75, 3.05) is 38.0 Å². The second-order valence-corrected chi connectivity index (χ2v) is 9.26. The van der Waals surface area contributed by atoms with Crippen molar-refractivity contribution < 1.29 is 4.79 Å². The molecule has 0 spiro atoms. The summed E-state index contributed by atoms with van der Waals surface area (Å²) in [6, 6.07) is 8.39. The van der Waals surface area contributed by atoms with Gasteiger partial charge >= 0.3 is 0 Å². The van der Waals surface area contributed by atoms with Gasteiger partial charge in [-0.05, 0) is 62.6 Å². The minimum atomic E-state index is 0.341. The number of nitrogens with zero attached hydrogens (tertiary/aromatic N) is 5. The first-order valence-corrected chi connectivity index (χ1v) is 11.6. The number of carbonyl (C=O) groups excluding carboxylic acids is 1. The molecule has 0 atom stereocenters. The van der Waals surface area contributed by atoms with E-state index in [2.05, 4.69) is 31.2 Å². The number of hydrogen-bond acceptors (Lipinski definition) is 6. The molecule has 0 radical (unpaired) electrons. The van der Waals surface area contributed by atoms with Crippen LogP contribution in [0.25, 0.3) is 10.9 Å². The number of amides is 1. The summed E-state index contributed by atoms with van der Waals surface area (Å²) < 4.78 is 0. The average Bonchev–Trinajstić information content (AvgIpc) is 3.68. The minimum absolute atomic E-state index is 0.341. The van der Waals surface area contributed by atoms with Crippen molar-refractivity contribution in [3.05, 3.63) is 30.1 Å². The number of carbonyl (C=O) groups is 1. The summed E-state index contributed by atoms with van der Waals surface area (Å²) in [5.74, 6) is 2.19. The van der Waals surface area contributed by atoms with Crippen molar-refractivity contribution in [1.29, 1.82) is 5.26 Å². The Hall–Kier alpha value is -2.72. The lowest BCUT2D eigenvalue weighted by Gasteiger charge is -2.42. The van der Waals surface area contributed by atoms with Gasteiger partial charge in [0.25, 0.3) is 0 Å². The first-order chi connectivity index (χ1) is 15.2. The second kappa shape index (κ2) is 8.80. The lowest BCUT2D eigenvalue weighted by Crippen LogP contribution is -2.53. The SMILES string of the molecule is N#Cc1ccc2ncnc(NCC3CCC(N4CCN(C(=O)C5CC5)CC4)CC3)c2c1. The van der Waals surface area contributed by atoms with Crippen molar-refractivity contribution in [1.82, 2.24) is 19.8 Å². The number of fused-ring (bicyclic) bond motifs is 1. The van der Waals surface area contributed by atoms with E-state index in [0.29, 0.717) is 29.3 Å². The molecule has 7 heteroatoms. The van der Waals surface area contributed by atoms with Crippen molar-refractivity contribution in [3.8, 4) is 6.07 Å². The van der Waals surface area contributed by atoms with E-state index in [4.69, 9.17) is 0 Å². The topological polar surface area (TPSA) is 85.2 Å². The molecule has 31 heavy (non-hydrogen) atoms. The zero-order valence-corrected chi connectivity index (χ0v) is 18.0. The third-order valence-electron chi connectivity index (χ3n) is 7.21. The van der Waals surface area contributed by atoms with E-state index >= 15 is 0 Å². The molecule has 3 fully saturated rings. The summed E-state index contributed by atoms with van der Waals surface area (Å²) in [7, 11) is 0. The Bertz CT molecular complexity index is 981. The van der Waals surface area contributed by atoms with E-state index in [1.54, 1.807) is 12.4 Å². The van der Waals surface area contributed by atoms with Crippen LogP contribution in [0, 0.1) is 23.2 Å². The van der Waals surface area contributed by atoms with Crippen LogP contribution in [0.3, 0.4) is 0 Å². The second-order valence-electron chi connectivity index (χ2n) is 9.26. The first-order valence-electron chi connectivity index (χ1n) is 11.6. The molecular formula is C24H30N6O. The maximum Gasteiger partial charge on any atom is 0.225 e. The van der Waals surface area contributed by atoms with E-state index in [1.807, 2.05) is 12.1 Å². The Kier molecular flexibility index (Phi) is 5.73. The summed E-state index contributed by atoms with van der Waals surface area (Å²) in [5.41, 5.74) is 1.49. The highest BCUT2D eigenvalue weighted by molar-refractivity contribution is 5.89. The van der Waals surface area contributed by atoms with Gasteiger partial charge in [0, 0.05) is 50.1 Å². The largest absolute Gasteiger partial charge is 0.369 e. The van der Waals surface area contributed by atoms with Crippen molar-refractivity contribution in [2.45, 2.75) is 44.6 Å². The molecular weight excluding hydrogens is 388 g/mol. The molecule has 1 aliphatic heterocycles. The third kappa shape index (κ3) is 4.49. The third-order valence-corrected chi connectivity index (χ3v) is 7.21. The fourth-order valence-corrected chi connectivity index (χ4v) is 5.12. The van der Waals surface area contributed by atoms with Crippen molar-refractivity contribution in [2.24, 2.45) is 11.8 Å². The standard InChI is InChI=1S/C24H30N6O/c25-14-18-3-8-22-21(13-18)23(28-16-27-22)26-15-17-1-6-20(7-2-17)29-9-11-30(12-10-29)24(31)19-4-5-19/h3,8,13,16-17,19-20H,1-2,4-7,9-12,15H2,(H,26,27,28). The molecule has 0 bridgehead atoms. The van der Waals surface area contributed by atoms with Crippen LogP contribution in [-0.2, 0) is 4.79 Å². The average molecular weight is 419 g/mol. The molecule has 162 valence electrons. The molecule has 3 aliphatic rings. The van der Waals surface area contributed by atoms with Crippen LogP contribution in [0.1, 0.15) is 44.1 Å². The number of nitrogens with one attached hydrogen (secondary N) is 1. The summed E-state index contributed by atoms with van der Waals surface area (Å²) in [5, 5.41) is 13.6. The number of piperazine rings is 1. The van der Waals surface area contributed by atoms with Gasteiger partial charge in [0.2, 0.25) is 5.91 Å². The van der Waals surface area contributed by atoms with Gasteiger partial charge in [0.1, 0.15) is 12.1 Å². The highest BCUT2D eigenvalue weighted by atomic mass is 16.2. The molecule has 5 rings (SSSR count). The van der Waals surface area contributed by atoms with Crippen LogP contribution < -0.4 is 5.32 Å². The smallest absolute Gasteiger partial charge is 0.225 e. The Morgan fingerprint density at radius 2 is 1.84 bits per heavy atom. The van der Waals surface area contributed by atoms with E-state index in [9.17, 15) is 10.1 Å². The van der Waals surface area contributed by atoms with Crippen LogP contribution in [-0.4, -0.2) is 64.4 Å². The number of hydrogen-bond donors (Lipinski definition) is 1. The van der Waals surface area contributed by atoms with Crippen molar-refractivity contribution in [3.63, 3.8) is 0 Å². The molecule has 1 N–H and O–H groups in total. The molecule has 2 saturated carbocycles. The molecule has 1 saturated heterocycles. The Morgan fingerprint density at radius 1 is 1.06 bits per heavy atom. The highest BCUT2D eigenvalue weighted by Crippen LogP contribution is 2.32. The van der Waals surface area contributed by atoms with Crippen LogP contribution in [0.15, 0.2) is 24.5 Å². The Morgan fingerprint density at radius 3 is 2.55 bits per heavy atom. The lowest BCUT2D eigenvalue weighted by molar-refractivity contribution is -0.134. The monoisotopic (exact) mass is 418 g/mol. The van der Waals surface area contributed by atoms with Gasteiger partial charge in [-0.15, -0.1) is 0 Å². The number of nitriles is 1. The van der Waals surface area contributed by atoms with Crippen LogP contribution in [0.5, 0.6) is 0 Å². The molecule has 1 aromatic carbocycles. The lowest BCUT2D eigenvalue weighted by atomic mass is 9.85. The van der Waals surface area contributed by atoms with Gasteiger partial charge in [0.15, 0.2) is 0 Å². The zero-order valence-electron chi connectivity index (χ0n) is 18.0. The molecule has 2 aromatic rings. The molecule has 1 aromatic heterocycles. The molecule has 2 aliphatic carbocycles. The maximum atomic E-state index is 12.3. The zero-order chi connectivity index (χ0) is 21.2. The maximum absolute atomic E-state index is 12.3. The highest BCUT2D eigenvalue weighted by Gasteiger charge is 2.36. The number of rotatable bonds is 5. The van der Waals surface area contributed by atoms with Gasteiger partial charge in [-0.3, -0.25) is 9.69 Å². The van der Waals surface area contributed by atoms with Gasteiger partial charge in [-0.25, -0.2) is 9.97 Å². The fourth-order valence-electron chi connectivity index (χ4n) is 5.12. The number of aromatic nitrogens is 2. The van der Waals surface area contributed by atoms with Gasteiger partial charge in [-0.1, -0.05) is 0 Å². The minimum Gasteiger partial charge on any atom is -0.369 e. The summed E-state index contributed by atoms with van der Waals surface area (Å²) >= 11 is 0. The number of anilines is 1. The van der Waals surface area contributed by atoms with E-state index < -0.39 is 0 Å². The summed E-state index contributed by atoms with van der Waals surface area (Å²) in [4.78, 5) is 25.7. The molecule has 1 amide bonds. The number of benzene rings is 1. The van der Waals surface area contributed by atoms with E-state index in [1.165, 1.54) is 25.7 Å². The quantitative estimate of drug-likeness (QED) is 0.803. The van der Waals surface area contributed by atoms with Gasteiger partial charge in [0.05, 0.1) is 17.1 Å². The normalized spacial score (nSPS) is 24.7. The molecule has 7 nitrogen and oxygen atoms in total. The Balaban J connectivity index is 1.11. The van der Waals surface area contributed by atoms with Gasteiger partial charge < -0.3 is 10.2 Å². The van der Waals surface area contributed by atoms with Crippen molar-refractivity contribution >= 4 is 22.6 Å². The predicted molar refractivity (Wildman–Crippen MR) is 119 cm³/mol. The van der Waals surface area contributed by atoms with E-state index in [0.717, 1.165) is 62.3 Å². The predicted octanol–water partition coefficient (Wildman–Crippen LogP) is 3.03. The molecule has 0 unspecified atom stereocenters. The Labute approximate surface area is 183 Å². The summed E-state index contributed by atoms with van der Waals surface area (Å²) in [6.07, 6.45) is 8.67. The fraction of sp³-hybridized carbons (Fsp3) is 0.583. The summed E-state index contributed by atoms with van der Waals surface area (Å²) in [6.45, 7) is 4.77. The van der Waals surface area contributed by atoms with Gasteiger partial charge in [-0.2, -0.15) is 5.26 Å².